The van der Waals surface area contributed by atoms with Crippen molar-refractivity contribution in [2.24, 2.45) is 5.73 Å². The first-order valence-corrected chi connectivity index (χ1v) is 12.6. The van der Waals surface area contributed by atoms with Gasteiger partial charge in [0.25, 0.3) is 0 Å². The molecule has 0 saturated carbocycles. The summed E-state index contributed by atoms with van der Waals surface area (Å²) in [5.41, 5.74) is 6.30. The zero-order valence-electron chi connectivity index (χ0n) is 20.7. The number of carbonyl (C=O) groups is 1. The Balaban J connectivity index is 1.17. The summed E-state index contributed by atoms with van der Waals surface area (Å²) in [6.45, 7) is 7.80. The quantitative estimate of drug-likeness (QED) is 0.538. The van der Waals surface area contributed by atoms with Crippen LogP contribution in [0.5, 0.6) is 0 Å². The van der Waals surface area contributed by atoms with E-state index in [0.29, 0.717) is 43.1 Å². The number of anilines is 3. The number of rotatable bonds is 5. The van der Waals surface area contributed by atoms with E-state index in [1.165, 1.54) is 0 Å². The van der Waals surface area contributed by atoms with E-state index in [9.17, 15) is 4.79 Å². The molecular weight excluding hydrogens is 488 g/mol. The van der Waals surface area contributed by atoms with Gasteiger partial charge in [0.1, 0.15) is 22.8 Å². The van der Waals surface area contributed by atoms with Gasteiger partial charge in [0.15, 0.2) is 5.82 Å². The number of amides is 1. The zero-order chi connectivity index (χ0) is 25.4. The van der Waals surface area contributed by atoms with E-state index >= 15 is 0 Å². The first-order chi connectivity index (χ1) is 17.2. The summed E-state index contributed by atoms with van der Waals surface area (Å²) >= 11 is 6.35. The molecule has 2 unspecified atom stereocenters. The molecule has 3 aliphatic heterocycles. The summed E-state index contributed by atoms with van der Waals surface area (Å²) in [5.74, 6) is 0.884. The fraction of sp³-hybridized carbons (Fsp3) is 0.652. The minimum absolute atomic E-state index is 0.0990. The highest BCUT2D eigenvalue weighted by Crippen LogP contribution is 2.30. The molecule has 4 atom stereocenters. The van der Waals surface area contributed by atoms with Crippen molar-refractivity contribution in [2.45, 2.75) is 69.5 Å². The average Bonchev–Trinajstić information content (AvgIpc) is 3.54. The van der Waals surface area contributed by atoms with E-state index in [1.807, 2.05) is 31.6 Å². The Morgan fingerprint density at radius 3 is 2.69 bits per heavy atom. The number of hydrogen-bond acceptors (Lipinski definition) is 10. The van der Waals surface area contributed by atoms with Gasteiger partial charge < -0.3 is 35.5 Å². The highest BCUT2D eigenvalue weighted by atomic mass is 35.5. The van der Waals surface area contributed by atoms with E-state index in [2.05, 4.69) is 25.7 Å². The summed E-state index contributed by atoms with van der Waals surface area (Å²) in [4.78, 5) is 22.9. The van der Waals surface area contributed by atoms with Gasteiger partial charge in [-0.25, -0.2) is 9.78 Å². The molecule has 5 rings (SSSR count). The minimum Gasteiger partial charge on any atom is -0.444 e. The lowest BCUT2D eigenvalue weighted by molar-refractivity contribution is 0.0185. The number of aromatic nitrogens is 4. The molecule has 0 radical (unpaired) electrons. The Morgan fingerprint density at radius 2 is 1.94 bits per heavy atom. The largest absolute Gasteiger partial charge is 0.444 e. The van der Waals surface area contributed by atoms with E-state index in [-0.39, 0.29) is 36.4 Å². The van der Waals surface area contributed by atoms with Crippen molar-refractivity contribution >= 4 is 35.1 Å². The number of nitrogens with zero attached hydrogens (tertiary/aromatic N) is 5. The van der Waals surface area contributed by atoms with Gasteiger partial charge in [0.05, 0.1) is 49.4 Å². The van der Waals surface area contributed by atoms with Gasteiger partial charge in [-0.05, 0) is 33.6 Å². The summed E-state index contributed by atoms with van der Waals surface area (Å²) in [7, 11) is 0. The summed E-state index contributed by atoms with van der Waals surface area (Å²) < 4.78 is 19.0. The molecule has 0 aliphatic carbocycles. The molecule has 12 nitrogen and oxygen atoms in total. The summed E-state index contributed by atoms with van der Waals surface area (Å²) in [6, 6.07) is -0.0326. The van der Waals surface area contributed by atoms with Crippen LogP contribution in [0.25, 0.3) is 0 Å². The van der Waals surface area contributed by atoms with Crippen molar-refractivity contribution in [3.05, 3.63) is 23.6 Å². The van der Waals surface area contributed by atoms with E-state index in [4.69, 9.17) is 31.5 Å². The fourth-order valence-corrected chi connectivity index (χ4v) is 4.87. The molecule has 13 heteroatoms. The lowest BCUT2D eigenvalue weighted by atomic mass is 10.1. The Labute approximate surface area is 214 Å². The van der Waals surface area contributed by atoms with E-state index in [0.717, 1.165) is 18.5 Å². The number of likely N-dealkylation sites (tertiary alicyclic amines) is 1. The number of halogens is 1. The second kappa shape index (κ2) is 10.0. The number of nitrogens with one attached hydrogen (secondary N) is 2. The number of ether oxygens (including phenoxy) is 3. The lowest BCUT2D eigenvalue weighted by Crippen LogP contribution is -2.42. The van der Waals surface area contributed by atoms with Crippen molar-refractivity contribution in [3.8, 4) is 0 Å². The molecule has 0 bridgehead atoms. The molecule has 5 heterocycles. The summed E-state index contributed by atoms with van der Waals surface area (Å²) in [6.07, 6.45) is 6.26. The second-order valence-electron chi connectivity index (χ2n) is 10.4. The van der Waals surface area contributed by atoms with Crippen molar-refractivity contribution in [1.29, 1.82) is 0 Å². The first kappa shape index (κ1) is 25.0. The van der Waals surface area contributed by atoms with Crippen LogP contribution >= 0.6 is 11.6 Å². The van der Waals surface area contributed by atoms with Crippen LogP contribution < -0.4 is 16.4 Å². The van der Waals surface area contributed by atoms with E-state index in [1.54, 1.807) is 17.3 Å². The molecule has 3 saturated heterocycles. The van der Waals surface area contributed by atoms with Crippen LogP contribution in [-0.4, -0.2) is 86.9 Å². The second-order valence-corrected chi connectivity index (χ2v) is 10.8. The third kappa shape index (κ3) is 5.51. The van der Waals surface area contributed by atoms with Gasteiger partial charge in [0, 0.05) is 19.3 Å². The van der Waals surface area contributed by atoms with Crippen LogP contribution in [0.2, 0.25) is 5.02 Å². The van der Waals surface area contributed by atoms with E-state index < -0.39 is 5.60 Å². The number of carbonyl (C=O) groups excluding carboxylic acids is 1. The van der Waals surface area contributed by atoms with Crippen LogP contribution in [0.3, 0.4) is 0 Å². The third-order valence-electron chi connectivity index (χ3n) is 6.51. The lowest BCUT2D eigenvalue weighted by Gasteiger charge is -2.33. The van der Waals surface area contributed by atoms with Crippen LogP contribution in [0, 0.1) is 0 Å². The van der Waals surface area contributed by atoms with Crippen molar-refractivity contribution in [1.82, 2.24) is 24.6 Å². The van der Waals surface area contributed by atoms with Gasteiger partial charge in [-0.1, -0.05) is 11.6 Å². The van der Waals surface area contributed by atoms with Crippen LogP contribution in [0.15, 0.2) is 18.6 Å². The number of fused-ring (bicyclic) bond motifs is 1. The van der Waals surface area contributed by atoms with Crippen LogP contribution in [-0.2, 0) is 14.2 Å². The predicted octanol–water partition coefficient (Wildman–Crippen LogP) is 2.55. The average molecular weight is 521 g/mol. The van der Waals surface area contributed by atoms with Crippen LogP contribution in [0.1, 0.15) is 39.7 Å². The highest BCUT2D eigenvalue weighted by molar-refractivity contribution is 6.32. The van der Waals surface area contributed by atoms with Crippen LogP contribution in [0.4, 0.5) is 22.2 Å². The molecule has 3 fully saturated rings. The maximum absolute atomic E-state index is 12.3. The Hall–Kier alpha value is -2.67. The molecule has 36 heavy (non-hydrogen) atoms. The SMILES string of the molecule is CC(C)(C)OC(=O)N1CCC(n2cc(Nc3ncc(Cl)c(N[C@@H]4COC5C4OC[C@@H]5N)n3)cn2)CC1. The van der Waals surface area contributed by atoms with Gasteiger partial charge in [0.2, 0.25) is 5.95 Å². The maximum atomic E-state index is 12.3. The predicted molar refractivity (Wildman–Crippen MR) is 133 cm³/mol. The monoisotopic (exact) mass is 520 g/mol. The topological polar surface area (TPSA) is 142 Å². The molecule has 2 aromatic heterocycles. The molecule has 3 aliphatic rings. The van der Waals surface area contributed by atoms with Gasteiger partial charge in [-0.15, -0.1) is 0 Å². The Kier molecular flexibility index (Phi) is 6.95. The molecule has 1 amide bonds. The smallest absolute Gasteiger partial charge is 0.410 e. The van der Waals surface area contributed by atoms with Crippen molar-refractivity contribution in [2.75, 3.05) is 36.9 Å². The highest BCUT2D eigenvalue weighted by Gasteiger charge is 2.46. The standard InChI is InChI=1S/C23H33ClN8O4/c1-23(2,3)36-22(33)31-6-4-14(5-7-31)32-10-13(8-27-32)28-21-26-9-15(24)20(30-21)29-17-12-35-18-16(25)11-34-19(17)18/h8-10,14,16-19H,4-7,11-12,25H2,1-3H3,(H2,26,28,29,30)/t16-,17+,18?,19?/m0/s1. The number of hydrogen-bond donors (Lipinski definition) is 3. The molecule has 0 aromatic carbocycles. The van der Waals surface area contributed by atoms with Gasteiger partial charge in [-0.3, -0.25) is 4.68 Å². The minimum atomic E-state index is -0.499. The Bertz CT molecular complexity index is 1080. The van der Waals surface area contributed by atoms with Crippen molar-refractivity contribution < 1.29 is 19.0 Å². The molecule has 4 N–H and O–H groups in total. The Morgan fingerprint density at radius 1 is 1.19 bits per heavy atom. The fourth-order valence-electron chi connectivity index (χ4n) is 4.73. The summed E-state index contributed by atoms with van der Waals surface area (Å²) in [5, 5.41) is 11.4. The molecule has 2 aromatic rings. The molecule has 196 valence electrons. The zero-order valence-corrected chi connectivity index (χ0v) is 21.4. The maximum Gasteiger partial charge on any atom is 0.410 e. The van der Waals surface area contributed by atoms with Crippen molar-refractivity contribution in [3.63, 3.8) is 0 Å². The normalized spacial score (nSPS) is 26.6. The van der Waals surface area contributed by atoms with Gasteiger partial charge >= 0.3 is 6.09 Å². The molecule has 0 spiro atoms. The number of nitrogens with two attached hydrogens (primary N) is 1. The van der Waals surface area contributed by atoms with Gasteiger partial charge in [-0.2, -0.15) is 10.1 Å². The first-order valence-electron chi connectivity index (χ1n) is 12.2. The third-order valence-corrected chi connectivity index (χ3v) is 6.78. The molecular formula is C23H33ClN8O4. The number of piperidine rings is 1.